The fourth-order valence-electron chi connectivity index (χ4n) is 3.23. The highest BCUT2D eigenvalue weighted by Gasteiger charge is 2.30. The van der Waals surface area contributed by atoms with E-state index in [0.717, 1.165) is 5.75 Å². The van der Waals surface area contributed by atoms with E-state index >= 15 is 0 Å². The van der Waals surface area contributed by atoms with Crippen molar-refractivity contribution in [3.8, 4) is 5.75 Å². The molecule has 1 aliphatic rings. The number of rotatable bonds is 4. The van der Waals surface area contributed by atoms with Crippen molar-refractivity contribution < 1.29 is 17.6 Å². The lowest BCUT2D eigenvalue weighted by Gasteiger charge is -2.31. The lowest BCUT2D eigenvalue weighted by molar-refractivity contribution is 0.135. The predicted molar refractivity (Wildman–Crippen MR) is 100 cm³/mol. The van der Waals surface area contributed by atoms with Gasteiger partial charge in [-0.05, 0) is 44.0 Å². The maximum Gasteiger partial charge on any atom is 0.417 e. The number of piperidine rings is 1. The SMILES string of the molecule is Cc1ccc(OC2CCN(S(=O)(=O)c3ccc4[nH]c(=O)oc4c3)CC2)cc1. The lowest BCUT2D eigenvalue weighted by atomic mass is 10.1. The third kappa shape index (κ3) is 3.63. The van der Waals surface area contributed by atoms with Crippen LogP contribution in [-0.4, -0.2) is 36.9 Å². The second-order valence-corrected chi connectivity index (χ2v) is 8.64. The maximum atomic E-state index is 12.9. The summed E-state index contributed by atoms with van der Waals surface area (Å²) in [4.78, 5) is 13.9. The molecule has 0 unspecified atom stereocenters. The Kier molecular flexibility index (Phi) is 4.53. The Morgan fingerprint density at radius 3 is 2.52 bits per heavy atom. The fourth-order valence-corrected chi connectivity index (χ4v) is 4.72. The van der Waals surface area contributed by atoms with E-state index in [2.05, 4.69) is 4.98 Å². The average molecular weight is 388 g/mol. The van der Waals surface area contributed by atoms with Crippen LogP contribution in [0, 0.1) is 6.92 Å². The van der Waals surface area contributed by atoms with Gasteiger partial charge < -0.3 is 9.15 Å². The number of H-pyrrole nitrogens is 1. The molecular formula is C19H20N2O5S. The minimum atomic E-state index is -3.64. The van der Waals surface area contributed by atoms with Crippen molar-refractivity contribution in [2.24, 2.45) is 0 Å². The zero-order valence-electron chi connectivity index (χ0n) is 14.8. The van der Waals surface area contributed by atoms with Gasteiger partial charge in [-0.3, -0.25) is 4.98 Å². The Balaban J connectivity index is 1.45. The smallest absolute Gasteiger partial charge is 0.417 e. The molecule has 1 fully saturated rings. The summed E-state index contributed by atoms with van der Waals surface area (Å²) in [6, 6.07) is 12.3. The zero-order chi connectivity index (χ0) is 19.0. The summed E-state index contributed by atoms with van der Waals surface area (Å²) < 4.78 is 38.2. The van der Waals surface area contributed by atoms with Crippen molar-refractivity contribution in [3.63, 3.8) is 0 Å². The monoisotopic (exact) mass is 388 g/mol. The van der Waals surface area contributed by atoms with Gasteiger partial charge in [-0.2, -0.15) is 4.31 Å². The van der Waals surface area contributed by atoms with Crippen molar-refractivity contribution >= 4 is 21.1 Å². The summed E-state index contributed by atoms with van der Waals surface area (Å²) in [5, 5.41) is 0. The summed E-state index contributed by atoms with van der Waals surface area (Å²) in [5.41, 5.74) is 1.88. The minimum absolute atomic E-state index is 0.00988. The number of aromatic amines is 1. The van der Waals surface area contributed by atoms with Crippen LogP contribution in [0.5, 0.6) is 5.75 Å². The highest BCUT2D eigenvalue weighted by Crippen LogP contribution is 2.25. The van der Waals surface area contributed by atoms with E-state index in [4.69, 9.17) is 9.15 Å². The van der Waals surface area contributed by atoms with Gasteiger partial charge in [0.15, 0.2) is 5.58 Å². The third-order valence-corrected chi connectivity index (χ3v) is 6.65. The molecule has 7 nitrogen and oxygen atoms in total. The summed E-state index contributed by atoms with van der Waals surface area (Å²) in [5.74, 6) is 0.198. The van der Waals surface area contributed by atoms with Gasteiger partial charge in [0.05, 0.1) is 10.4 Å². The number of fused-ring (bicyclic) bond motifs is 1. The number of oxazole rings is 1. The quantitative estimate of drug-likeness (QED) is 0.742. The normalized spacial score (nSPS) is 16.6. The first kappa shape index (κ1) is 17.8. The molecule has 2 aromatic carbocycles. The summed E-state index contributed by atoms with van der Waals surface area (Å²) in [6.07, 6.45) is 1.23. The second-order valence-electron chi connectivity index (χ2n) is 6.71. The molecule has 1 aromatic heterocycles. The van der Waals surface area contributed by atoms with Crippen LogP contribution in [0.25, 0.3) is 11.1 Å². The van der Waals surface area contributed by atoms with Crippen LogP contribution in [0.3, 0.4) is 0 Å². The molecule has 1 saturated heterocycles. The number of benzene rings is 2. The molecule has 0 atom stereocenters. The van der Waals surface area contributed by atoms with Crippen molar-refractivity contribution in [2.75, 3.05) is 13.1 Å². The number of sulfonamides is 1. The van der Waals surface area contributed by atoms with Gasteiger partial charge in [-0.1, -0.05) is 17.7 Å². The number of aryl methyl sites for hydroxylation is 1. The molecule has 4 rings (SSSR count). The molecule has 3 aromatic rings. The van der Waals surface area contributed by atoms with Crippen LogP contribution in [0.1, 0.15) is 18.4 Å². The summed E-state index contributed by atoms with van der Waals surface area (Å²) >= 11 is 0. The highest BCUT2D eigenvalue weighted by molar-refractivity contribution is 7.89. The first-order valence-electron chi connectivity index (χ1n) is 8.78. The van der Waals surface area contributed by atoms with E-state index in [1.54, 1.807) is 6.07 Å². The number of nitrogens with one attached hydrogen (secondary N) is 1. The Labute approximate surface area is 156 Å². The topological polar surface area (TPSA) is 92.6 Å². The standard InChI is InChI=1S/C19H20N2O5S/c1-13-2-4-14(5-3-13)25-15-8-10-21(11-9-15)27(23,24)16-6-7-17-18(12-16)26-19(22)20-17/h2-7,12,15H,8-11H2,1H3,(H,20,22). The Bertz CT molecular complexity index is 1110. The number of aromatic nitrogens is 1. The van der Waals surface area contributed by atoms with Gasteiger partial charge in [0, 0.05) is 19.2 Å². The number of hydrogen-bond donors (Lipinski definition) is 1. The van der Waals surface area contributed by atoms with Gasteiger partial charge in [0.25, 0.3) is 0 Å². The summed E-state index contributed by atoms with van der Waals surface area (Å²) in [7, 11) is -3.64. The number of nitrogens with zero attached hydrogens (tertiary/aromatic N) is 1. The van der Waals surface area contributed by atoms with E-state index in [1.807, 2.05) is 31.2 Å². The van der Waals surface area contributed by atoms with Crippen LogP contribution in [0.2, 0.25) is 0 Å². The van der Waals surface area contributed by atoms with E-state index in [-0.39, 0.29) is 16.6 Å². The van der Waals surface area contributed by atoms with Gasteiger partial charge in [0.1, 0.15) is 11.9 Å². The molecule has 0 amide bonds. The second kappa shape index (κ2) is 6.86. The van der Waals surface area contributed by atoms with Crippen LogP contribution in [-0.2, 0) is 10.0 Å². The van der Waals surface area contributed by atoms with E-state index in [0.29, 0.717) is 31.4 Å². The molecule has 27 heavy (non-hydrogen) atoms. The molecule has 1 N–H and O–H groups in total. The molecule has 0 radical (unpaired) electrons. The number of hydrogen-bond acceptors (Lipinski definition) is 5. The first-order valence-corrected chi connectivity index (χ1v) is 10.2. The molecule has 0 bridgehead atoms. The Morgan fingerprint density at radius 1 is 1.11 bits per heavy atom. The molecule has 2 heterocycles. The maximum absolute atomic E-state index is 12.9. The molecule has 0 aliphatic carbocycles. The van der Waals surface area contributed by atoms with E-state index in [1.165, 1.54) is 22.0 Å². The predicted octanol–water partition coefficient (Wildman–Crippen LogP) is 2.66. The van der Waals surface area contributed by atoms with Crippen molar-refractivity contribution in [1.29, 1.82) is 0 Å². The summed E-state index contributed by atoms with van der Waals surface area (Å²) in [6.45, 7) is 2.78. The number of ether oxygens (including phenoxy) is 1. The van der Waals surface area contributed by atoms with Crippen molar-refractivity contribution in [2.45, 2.75) is 30.8 Å². The Hall–Kier alpha value is -2.58. The molecule has 0 spiro atoms. The van der Waals surface area contributed by atoms with Gasteiger partial charge in [-0.25, -0.2) is 13.2 Å². The first-order chi connectivity index (χ1) is 12.9. The van der Waals surface area contributed by atoms with Crippen molar-refractivity contribution in [3.05, 3.63) is 58.6 Å². The molecule has 0 saturated carbocycles. The molecule has 1 aliphatic heterocycles. The van der Waals surface area contributed by atoms with Gasteiger partial charge in [0.2, 0.25) is 10.0 Å². The van der Waals surface area contributed by atoms with Crippen LogP contribution < -0.4 is 10.5 Å². The van der Waals surface area contributed by atoms with Gasteiger partial charge >= 0.3 is 5.76 Å². The highest BCUT2D eigenvalue weighted by atomic mass is 32.2. The van der Waals surface area contributed by atoms with Crippen LogP contribution >= 0.6 is 0 Å². The molecular weight excluding hydrogens is 368 g/mol. The van der Waals surface area contributed by atoms with E-state index < -0.39 is 15.8 Å². The van der Waals surface area contributed by atoms with Crippen molar-refractivity contribution in [1.82, 2.24) is 9.29 Å². The fraction of sp³-hybridized carbons (Fsp3) is 0.316. The molecule has 8 heteroatoms. The third-order valence-electron chi connectivity index (χ3n) is 4.75. The van der Waals surface area contributed by atoms with Crippen LogP contribution in [0.15, 0.2) is 56.6 Å². The average Bonchev–Trinajstić information content (AvgIpc) is 3.03. The van der Waals surface area contributed by atoms with Crippen LogP contribution in [0.4, 0.5) is 0 Å². The molecule has 142 valence electrons. The zero-order valence-corrected chi connectivity index (χ0v) is 15.7. The van der Waals surface area contributed by atoms with E-state index in [9.17, 15) is 13.2 Å². The Morgan fingerprint density at radius 2 is 1.81 bits per heavy atom. The lowest BCUT2D eigenvalue weighted by Crippen LogP contribution is -2.41. The van der Waals surface area contributed by atoms with Gasteiger partial charge in [-0.15, -0.1) is 0 Å². The minimum Gasteiger partial charge on any atom is -0.490 e. The largest absolute Gasteiger partial charge is 0.490 e.